The van der Waals surface area contributed by atoms with Crippen LogP contribution in [0, 0.1) is 0 Å². The lowest BCUT2D eigenvalue weighted by molar-refractivity contribution is 0.297. The van der Waals surface area contributed by atoms with Crippen molar-refractivity contribution in [1.82, 2.24) is 10.2 Å². The van der Waals surface area contributed by atoms with Crippen molar-refractivity contribution in [3.63, 3.8) is 0 Å². The first-order valence-corrected chi connectivity index (χ1v) is 5.82. The summed E-state index contributed by atoms with van der Waals surface area (Å²) < 4.78 is 0. The summed E-state index contributed by atoms with van der Waals surface area (Å²) in [6.45, 7) is 9.51. The maximum Gasteiger partial charge on any atom is 0.00797 e. The molecule has 0 aromatic heterocycles. The Balaban J connectivity index is 2.19. The van der Waals surface area contributed by atoms with Crippen molar-refractivity contribution in [2.75, 3.05) is 26.2 Å². The smallest absolute Gasteiger partial charge is 0.00797 e. The molecule has 1 unspecified atom stereocenters. The van der Waals surface area contributed by atoms with Gasteiger partial charge in [-0.15, -0.1) is 0 Å². The van der Waals surface area contributed by atoms with E-state index in [0.717, 1.165) is 6.04 Å². The third kappa shape index (κ3) is 4.10. The fraction of sp³-hybridized carbons (Fsp3) is 1.00. The first-order valence-electron chi connectivity index (χ1n) is 5.82. The summed E-state index contributed by atoms with van der Waals surface area (Å²) >= 11 is 0. The highest BCUT2D eigenvalue weighted by Crippen LogP contribution is 2.10. The Bertz CT molecular complexity index is 125. The summed E-state index contributed by atoms with van der Waals surface area (Å²) in [5, 5.41) is 3.63. The Morgan fingerprint density at radius 1 is 1.23 bits per heavy atom. The van der Waals surface area contributed by atoms with Gasteiger partial charge in [-0.2, -0.15) is 0 Å². The van der Waals surface area contributed by atoms with E-state index in [1.165, 1.54) is 51.9 Å². The van der Waals surface area contributed by atoms with Gasteiger partial charge in [0.15, 0.2) is 0 Å². The Kier molecular flexibility index (Phi) is 5.40. The van der Waals surface area contributed by atoms with Crippen LogP contribution >= 0.6 is 0 Å². The number of hydrogen-bond acceptors (Lipinski definition) is 2. The molecule has 78 valence electrons. The maximum absolute atomic E-state index is 3.63. The molecule has 1 fully saturated rings. The molecule has 0 amide bonds. The van der Waals surface area contributed by atoms with E-state index >= 15 is 0 Å². The van der Waals surface area contributed by atoms with Crippen LogP contribution in [0.1, 0.15) is 39.5 Å². The third-order valence-electron chi connectivity index (χ3n) is 2.95. The van der Waals surface area contributed by atoms with Gasteiger partial charge in [-0.05, 0) is 51.9 Å². The molecule has 0 aromatic carbocycles. The highest BCUT2D eigenvalue weighted by atomic mass is 15.1. The zero-order valence-electron chi connectivity index (χ0n) is 9.18. The van der Waals surface area contributed by atoms with E-state index < -0.39 is 0 Å². The normalized spacial score (nSPS) is 25.8. The van der Waals surface area contributed by atoms with Gasteiger partial charge in [0.2, 0.25) is 0 Å². The highest BCUT2D eigenvalue weighted by Gasteiger charge is 2.14. The van der Waals surface area contributed by atoms with Crippen molar-refractivity contribution in [2.24, 2.45) is 0 Å². The van der Waals surface area contributed by atoms with Crippen LogP contribution in [-0.2, 0) is 0 Å². The number of hydrogen-bond donors (Lipinski definition) is 1. The van der Waals surface area contributed by atoms with Crippen molar-refractivity contribution in [2.45, 2.75) is 45.6 Å². The van der Waals surface area contributed by atoms with Crippen LogP contribution in [0.5, 0.6) is 0 Å². The Morgan fingerprint density at radius 3 is 2.77 bits per heavy atom. The fourth-order valence-electron chi connectivity index (χ4n) is 2.02. The second-order valence-corrected chi connectivity index (χ2v) is 4.02. The first-order chi connectivity index (χ1) is 6.36. The van der Waals surface area contributed by atoms with Crippen LogP contribution in [0.3, 0.4) is 0 Å². The lowest BCUT2D eigenvalue weighted by atomic mass is 10.1. The van der Waals surface area contributed by atoms with E-state index in [1.807, 2.05) is 0 Å². The molecular formula is C11H24N2. The molecule has 1 aliphatic rings. The van der Waals surface area contributed by atoms with Crippen molar-refractivity contribution >= 4 is 0 Å². The fourth-order valence-corrected chi connectivity index (χ4v) is 2.02. The highest BCUT2D eigenvalue weighted by molar-refractivity contribution is 4.73. The summed E-state index contributed by atoms with van der Waals surface area (Å²) in [5.41, 5.74) is 0. The molecule has 1 rings (SSSR count). The van der Waals surface area contributed by atoms with Crippen LogP contribution in [0.2, 0.25) is 0 Å². The molecular weight excluding hydrogens is 160 g/mol. The lowest BCUT2D eigenvalue weighted by Crippen LogP contribution is -2.31. The molecule has 0 radical (unpaired) electrons. The predicted molar refractivity (Wildman–Crippen MR) is 58.0 cm³/mol. The number of nitrogens with zero attached hydrogens (tertiary/aromatic N) is 1. The van der Waals surface area contributed by atoms with Gasteiger partial charge in [-0.25, -0.2) is 0 Å². The second kappa shape index (κ2) is 6.39. The van der Waals surface area contributed by atoms with E-state index in [0.29, 0.717) is 0 Å². The van der Waals surface area contributed by atoms with E-state index in [4.69, 9.17) is 0 Å². The molecule has 1 N–H and O–H groups in total. The van der Waals surface area contributed by atoms with E-state index in [9.17, 15) is 0 Å². The van der Waals surface area contributed by atoms with Gasteiger partial charge in [-0.1, -0.05) is 13.8 Å². The Hall–Kier alpha value is -0.0800. The van der Waals surface area contributed by atoms with Gasteiger partial charge >= 0.3 is 0 Å². The molecule has 0 aromatic rings. The van der Waals surface area contributed by atoms with Gasteiger partial charge in [0.1, 0.15) is 0 Å². The van der Waals surface area contributed by atoms with Crippen molar-refractivity contribution < 1.29 is 0 Å². The van der Waals surface area contributed by atoms with Crippen LogP contribution in [0.4, 0.5) is 0 Å². The zero-order chi connectivity index (χ0) is 9.52. The van der Waals surface area contributed by atoms with Crippen molar-refractivity contribution in [3.8, 4) is 0 Å². The van der Waals surface area contributed by atoms with Crippen LogP contribution < -0.4 is 5.32 Å². The summed E-state index contributed by atoms with van der Waals surface area (Å²) in [6, 6.07) is 0.788. The number of likely N-dealkylation sites (tertiary alicyclic amines) is 1. The minimum atomic E-state index is 0.788. The molecule has 1 atom stereocenters. The van der Waals surface area contributed by atoms with Crippen molar-refractivity contribution in [3.05, 3.63) is 0 Å². The summed E-state index contributed by atoms with van der Waals surface area (Å²) in [6.07, 6.45) is 5.34. The SMILES string of the molecule is CCCNC1CCCN(CC)CC1. The Morgan fingerprint density at radius 2 is 2.08 bits per heavy atom. The molecule has 2 heteroatoms. The predicted octanol–water partition coefficient (Wildman–Crippen LogP) is 1.86. The van der Waals surface area contributed by atoms with Gasteiger partial charge < -0.3 is 10.2 Å². The first kappa shape index (κ1) is 11.0. The molecule has 1 saturated heterocycles. The molecule has 0 saturated carbocycles. The molecule has 2 nitrogen and oxygen atoms in total. The maximum atomic E-state index is 3.63. The summed E-state index contributed by atoms with van der Waals surface area (Å²) in [4.78, 5) is 2.56. The average molecular weight is 184 g/mol. The summed E-state index contributed by atoms with van der Waals surface area (Å²) in [5.74, 6) is 0. The van der Waals surface area contributed by atoms with Gasteiger partial charge in [0.25, 0.3) is 0 Å². The standard InChI is InChI=1S/C11H24N2/c1-3-8-12-11-6-5-9-13(4-2)10-7-11/h11-12H,3-10H2,1-2H3. The lowest BCUT2D eigenvalue weighted by Gasteiger charge is -2.18. The molecule has 0 spiro atoms. The van der Waals surface area contributed by atoms with E-state index in [2.05, 4.69) is 24.1 Å². The quantitative estimate of drug-likeness (QED) is 0.717. The zero-order valence-corrected chi connectivity index (χ0v) is 9.18. The monoisotopic (exact) mass is 184 g/mol. The average Bonchev–Trinajstić information content (AvgIpc) is 2.39. The minimum Gasteiger partial charge on any atom is -0.314 e. The molecule has 13 heavy (non-hydrogen) atoms. The van der Waals surface area contributed by atoms with E-state index in [-0.39, 0.29) is 0 Å². The van der Waals surface area contributed by atoms with Crippen LogP contribution in [0.15, 0.2) is 0 Å². The minimum absolute atomic E-state index is 0.788. The van der Waals surface area contributed by atoms with Crippen LogP contribution in [0.25, 0.3) is 0 Å². The number of rotatable bonds is 4. The largest absolute Gasteiger partial charge is 0.314 e. The van der Waals surface area contributed by atoms with E-state index in [1.54, 1.807) is 0 Å². The molecule has 1 aliphatic heterocycles. The summed E-state index contributed by atoms with van der Waals surface area (Å²) in [7, 11) is 0. The van der Waals surface area contributed by atoms with Crippen molar-refractivity contribution in [1.29, 1.82) is 0 Å². The molecule has 1 heterocycles. The topological polar surface area (TPSA) is 15.3 Å². The number of nitrogens with one attached hydrogen (secondary N) is 1. The molecule has 0 bridgehead atoms. The van der Waals surface area contributed by atoms with Gasteiger partial charge in [0.05, 0.1) is 0 Å². The molecule has 0 aliphatic carbocycles. The Labute approximate surface area is 82.7 Å². The van der Waals surface area contributed by atoms with Crippen LogP contribution in [-0.4, -0.2) is 37.1 Å². The van der Waals surface area contributed by atoms with Gasteiger partial charge in [-0.3, -0.25) is 0 Å². The third-order valence-corrected chi connectivity index (χ3v) is 2.95. The van der Waals surface area contributed by atoms with Gasteiger partial charge in [0, 0.05) is 6.04 Å². The second-order valence-electron chi connectivity index (χ2n) is 4.02.